The van der Waals surface area contributed by atoms with Crippen molar-refractivity contribution in [2.24, 2.45) is 0 Å². The fourth-order valence-electron chi connectivity index (χ4n) is 3.25. The summed E-state index contributed by atoms with van der Waals surface area (Å²) in [6.45, 7) is 6.25. The smallest absolute Gasteiger partial charge is 0.254 e. The molecule has 0 saturated heterocycles. The van der Waals surface area contributed by atoms with Crippen molar-refractivity contribution in [3.05, 3.63) is 84.3 Å². The molecule has 1 heterocycles. The number of carbonyl (C=O) groups excluding carboxylic acids is 1. The minimum absolute atomic E-state index is 0.0669. The SMILES string of the molecule is CC(C)(C)N(Cc1nc(-c2ccccc2)no1)C(=O)c1ccc2ccccc2c1. The van der Waals surface area contributed by atoms with Crippen LogP contribution in [0.1, 0.15) is 37.0 Å². The second-order valence-electron chi connectivity index (χ2n) is 8.00. The molecule has 0 bridgehead atoms. The summed E-state index contributed by atoms with van der Waals surface area (Å²) in [7, 11) is 0. The Hall–Kier alpha value is -3.47. The van der Waals surface area contributed by atoms with Gasteiger partial charge in [0.25, 0.3) is 5.91 Å². The molecule has 29 heavy (non-hydrogen) atoms. The van der Waals surface area contributed by atoms with Crippen molar-refractivity contribution in [3.63, 3.8) is 0 Å². The van der Waals surface area contributed by atoms with Crippen LogP contribution in [0.5, 0.6) is 0 Å². The fraction of sp³-hybridized carbons (Fsp3) is 0.208. The molecule has 0 unspecified atom stereocenters. The molecule has 0 atom stereocenters. The first-order chi connectivity index (χ1) is 13.9. The number of aromatic nitrogens is 2. The van der Waals surface area contributed by atoms with Crippen LogP contribution >= 0.6 is 0 Å². The van der Waals surface area contributed by atoms with E-state index in [4.69, 9.17) is 4.52 Å². The normalized spacial score (nSPS) is 11.6. The lowest BCUT2D eigenvalue weighted by molar-refractivity contribution is 0.0526. The number of nitrogens with zero attached hydrogens (tertiary/aromatic N) is 3. The Bertz CT molecular complexity index is 1140. The molecular formula is C24H23N3O2. The van der Waals surface area contributed by atoms with E-state index in [0.29, 0.717) is 17.3 Å². The third-order valence-corrected chi connectivity index (χ3v) is 4.84. The van der Waals surface area contributed by atoms with Gasteiger partial charge in [0.15, 0.2) is 0 Å². The quantitative estimate of drug-likeness (QED) is 0.476. The van der Waals surface area contributed by atoms with Crippen LogP contribution in [0.3, 0.4) is 0 Å². The number of carbonyl (C=O) groups is 1. The average molecular weight is 385 g/mol. The largest absolute Gasteiger partial charge is 0.337 e. The zero-order valence-corrected chi connectivity index (χ0v) is 16.8. The summed E-state index contributed by atoms with van der Waals surface area (Å²) in [5.41, 5.74) is 1.11. The molecule has 3 aromatic carbocycles. The molecule has 1 amide bonds. The number of hydrogen-bond donors (Lipinski definition) is 0. The molecular weight excluding hydrogens is 362 g/mol. The van der Waals surface area contributed by atoms with E-state index in [2.05, 4.69) is 10.1 Å². The summed E-state index contributed by atoms with van der Waals surface area (Å²) in [6, 6.07) is 23.4. The van der Waals surface area contributed by atoms with Crippen molar-refractivity contribution in [1.82, 2.24) is 15.0 Å². The van der Waals surface area contributed by atoms with E-state index >= 15 is 0 Å². The van der Waals surface area contributed by atoms with Crippen LogP contribution in [-0.2, 0) is 6.54 Å². The highest BCUT2D eigenvalue weighted by atomic mass is 16.5. The van der Waals surface area contributed by atoms with Crippen LogP contribution in [-0.4, -0.2) is 26.5 Å². The average Bonchev–Trinajstić information content (AvgIpc) is 3.20. The van der Waals surface area contributed by atoms with Crippen molar-refractivity contribution in [2.75, 3.05) is 0 Å². The van der Waals surface area contributed by atoms with Gasteiger partial charge in [0.1, 0.15) is 6.54 Å². The Kier molecular flexibility index (Phi) is 4.89. The van der Waals surface area contributed by atoms with Gasteiger partial charge in [0.05, 0.1) is 0 Å². The van der Waals surface area contributed by atoms with E-state index in [-0.39, 0.29) is 12.5 Å². The van der Waals surface area contributed by atoms with Crippen LogP contribution < -0.4 is 0 Å². The monoisotopic (exact) mass is 385 g/mol. The first-order valence-corrected chi connectivity index (χ1v) is 9.60. The van der Waals surface area contributed by atoms with Crippen LogP contribution in [0.15, 0.2) is 77.3 Å². The molecule has 0 spiro atoms. The highest BCUT2D eigenvalue weighted by Gasteiger charge is 2.29. The van der Waals surface area contributed by atoms with Gasteiger partial charge >= 0.3 is 0 Å². The number of rotatable bonds is 4. The molecule has 0 aliphatic heterocycles. The third kappa shape index (κ3) is 4.04. The van der Waals surface area contributed by atoms with Crippen LogP contribution in [0, 0.1) is 0 Å². The number of fused-ring (bicyclic) bond motifs is 1. The molecule has 0 aliphatic carbocycles. The van der Waals surface area contributed by atoms with Crippen LogP contribution in [0.25, 0.3) is 22.2 Å². The maximum absolute atomic E-state index is 13.4. The van der Waals surface area contributed by atoms with Crippen molar-refractivity contribution in [2.45, 2.75) is 32.9 Å². The molecule has 5 nitrogen and oxygen atoms in total. The van der Waals surface area contributed by atoms with Gasteiger partial charge in [0, 0.05) is 16.7 Å². The molecule has 0 radical (unpaired) electrons. The Morgan fingerprint density at radius 3 is 2.34 bits per heavy atom. The van der Waals surface area contributed by atoms with Crippen LogP contribution in [0.2, 0.25) is 0 Å². The maximum Gasteiger partial charge on any atom is 0.254 e. The highest BCUT2D eigenvalue weighted by molar-refractivity contribution is 5.98. The first-order valence-electron chi connectivity index (χ1n) is 9.60. The summed E-state index contributed by atoms with van der Waals surface area (Å²) in [5.74, 6) is 0.864. The van der Waals surface area contributed by atoms with E-state index in [1.165, 1.54) is 0 Å². The van der Waals surface area contributed by atoms with E-state index in [9.17, 15) is 4.79 Å². The Morgan fingerprint density at radius 2 is 1.62 bits per heavy atom. The van der Waals surface area contributed by atoms with E-state index in [1.807, 2.05) is 93.6 Å². The van der Waals surface area contributed by atoms with Gasteiger partial charge in [-0.25, -0.2) is 0 Å². The van der Waals surface area contributed by atoms with E-state index < -0.39 is 5.54 Å². The highest BCUT2D eigenvalue weighted by Crippen LogP contribution is 2.24. The van der Waals surface area contributed by atoms with Crippen molar-refractivity contribution in [1.29, 1.82) is 0 Å². The van der Waals surface area contributed by atoms with Crippen LogP contribution in [0.4, 0.5) is 0 Å². The zero-order chi connectivity index (χ0) is 20.4. The maximum atomic E-state index is 13.4. The molecule has 1 aromatic heterocycles. The topological polar surface area (TPSA) is 59.2 Å². The van der Waals surface area contributed by atoms with Gasteiger partial charge in [-0.3, -0.25) is 4.79 Å². The van der Waals surface area contributed by atoms with Gasteiger partial charge in [0.2, 0.25) is 11.7 Å². The summed E-state index contributed by atoms with van der Waals surface area (Å²) in [6.07, 6.45) is 0. The Balaban J connectivity index is 1.62. The van der Waals surface area contributed by atoms with Gasteiger partial charge in [-0.1, -0.05) is 65.8 Å². The molecule has 0 saturated carbocycles. The zero-order valence-electron chi connectivity index (χ0n) is 16.8. The summed E-state index contributed by atoms with van der Waals surface area (Å²) in [5, 5.41) is 6.22. The minimum atomic E-state index is -0.413. The molecule has 4 aromatic rings. The van der Waals surface area contributed by atoms with E-state index in [1.54, 1.807) is 4.90 Å². The molecule has 0 aliphatic rings. The fourth-order valence-corrected chi connectivity index (χ4v) is 3.25. The number of hydrogen-bond acceptors (Lipinski definition) is 4. The van der Waals surface area contributed by atoms with Crippen molar-refractivity contribution < 1.29 is 9.32 Å². The van der Waals surface area contributed by atoms with Crippen molar-refractivity contribution >= 4 is 16.7 Å². The molecule has 5 heteroatoms. The predicted octanol–water partition coefficient (Wildman–Crippen LogP) is 5.33. The summed E-state index contributed by atoms with van der Waals surface area (Å²) in [4.78, 5) is 19.6. The van der Waals surface area contributed by atoms with Crippen molar-refractivity contribution in [3.8, 4) is 11.4 Å². The van der Waals surface area contributed by atoms with Gasteiger partial charge in [-0.15, -0.1) is 0 Å². The lowest BCUT2D eigenvalue weighted by atomic mass is 10.0. The van der Waals surface area contributed by atoms with Gasteiger partial charge < -0.3 is 9.42 Å². The molecule has 0 N–H and O–H groups in total. The summed E-state index contributed by atoms with van der Waals surface area (Å²) < 4.78 is 5.45. The third-order valence-electron chi connectivity index (χ3n) is 4.84. The second-order valence-corrected chi connectivity index (χ2v) is 8.00. The Labute approximate surface area is 170 Å². The summed E-state index contributed by atoms with van der Waals surface area (Å²) >= 11 is 0. The lowest BCUT2D eigenvalue weighted by Gasteiger charge is -2.34. The van der Waals surface area contributed by atoms with Gasteiger partial charge in [-0.05, 0) is 43.7 Å². The number of amides is 1. The first kappa shape index (κ1) is 18.9. The Morgan fingerprint density at radius 1 is 0.931 bits per heavy atom. The molecule has 146 valence electrons. The van der Waals surface area contributed by atoms with Gasteiger partial charge in [-0.2, -0.15) is 4.98 Å². The lowest BCUT2D eigenvalue weighted by Crippen LogP contribution is -2.45. The molecule has 4 rings (SSSR count). The van der Waals surface area contributed by atoms with E-state index in [0.717, 1.165) is 16.3 Å². The predicted molar refractivity (Wildman–Crippen MR) is 113 cm³/mol. The second kappa shape index (κ2) is 7.51. The minimum Gasteiger partial charge on any atom is -0.337 e. The number of benzene rings is 3. The standard InChI is InChI=1S/C24H23N3O2/c1-24(2,3)27(16-21-25-22(26-29-21)18-10-5-4-6-11-18)23(28)20-14-13-17-9-7-8-12-19(17)15-20/h4-15H,16H2,1-3H3. The molecule has 0 fully saturated rings.